The minimum atomic E-state index is -0.146. The third-order valence-electron chi connectivity index (χ3n) is 4.89. The zero-order valence-corrected chi connectivity index (χ0v) is 14.9. The van der Waals surface area contributed by atoms with Gasteiger partial charge in [-0.05, 0) is 60.0 Å². The summed E-state index contributed by atoms with van der Waals surface area (Å²) in [5.74, 6) is -0.146. The van der Waals surface area contributed by atoms with Gasteiger partial charge in [0, 0.05) is 22.5 Å². The van der Waals surface area contributed by atoms with Crippen LogP contribution in [0.25, 0.3) is 10.1 Å². The number of hydrogen-bond donors (Lipinski definition) is 1. The van der Waals surface area contributed by atoms with Crippen molar-refractivity contribution in [2.45, 2.75) is 37.9 Å². The molecule has 130 valence electrons. The molecule has 0 saturated carbocycles. The van der Waals surface area contributed by atoms with E-state index < -0.39 is 0 Å². The summed E-state index contributed by atoms with van der Waals surface area (Å²) >= 11 is 1.73. The maximum absolute atomic E-state index is 14.4. The number of benzene rings is 2. The van der Waals surface area contributed by atoms with Crippen molar-refractivity contribution >= 4 is 21.4 Å². The van der Waals surface area contributed by atoms with Crippen LogP contribution in [0.4, 0.5) is 4.39 Å². The second kappa shape index (κ2) is 7.24. The molecular formula is C21H22FNOS. The van der Waals surface area contributed by atoms with Gasteiger partial charge in [-0.2, -0.15) is 0 Å². The Labute approximate surface area is 151 Å². The van der Waals surface area contributed by atoms with Crippen LogP contribution in [0.15, 0.2) is 48.5 Å². The van der Waals surface area contributed by atoms with Crippen molar-refractivity contribution in [3.05, 3.63) is 70.4 Å². The van der Waals surface area contributed by atoms with E-state index in [0.717, 1.165) is 30.4 Å². The first-order valence-electron chi connectivity index (χ1n) is 8.84. The molecule has 0 aliphatic carbocycles. The molecule has 4 heteroatoms. The zero-order valence-electron chi connectivity index (χ0n) is 14.1. The van der Waals surface area contributed by atoms with Crippen LogP contribution in [-0.4, -0.2) is 12.6 Å². The molecule has 1 aromatic heterocycles. The van der Waals surface area contributed by atoms with E-state index in [1.165, 1.54) is 15.0 Å². The van der Waals surface area contributed by atoms with E-state index in [1.807, 2.05) is 24.3 Å². The highest BCUT2D eigenvalue weighted by Gasteiger charge is 2.23. The second-order valence-electron chi connectivity index (χ2n) is 6.69. The molecule has 1 aliphatic heterocycles. The maximum Gasteiger partial charge on any atom is 0.126 e. The van der Waals surface area contributed by atoms with Crippen molar-refractivity contribution in [1.29, 1.82) is 0 Å². The fourth-order valence-corrected chi connectivity index (χ4v) is 4.65. The molecule has 2 unspecified atom stereocenters. The normalized spacial score (nSPS) is 20.9. The first-order chi connectivity index (χ1) is 12.2. The van der Waals surface area contributed by atoms with Gasteiger partial charge in [0.25, 0.3) is 0 Å². The molecule has 2 atom stereocenters. The fourth-order valence-electron chi connectivity index (χ4n) is 3.56. The van der Waals surface area contributed by atoms with Crippen LogP contribution in [-0.2, 0) is 11.2 Å². The Balaban J connectivity index is 1.59. The zero-order chi connectivity index (χ0) is 17.2. The van der Waals surface area contributed by atoms with Gasteiger partial charge < -0.3 is 10.5 Å². The number of thiophene rings is 1. The van der Waals surface area contributed by atoms with Crippen LogP contribution in [0, 0.1) is 5.82 Å². The molecule has 0 radical (unpaired) electrons. The van der Waals surface area contributed by atoms with Crippen molar-refractivity contribution < 1.29 is 9.13 Å². The average molecular weight is 355 g/mol. The SMILES string of the molecule is NCC1CCCC(c2ccc(F)c(Cc3cc4ccccc4s3)c2)O1. The Hall–Kier alpha value is -1.75. The molecule has 4 rings (SSSR count). The van der Waals surface area contributed by atoms with E-state index in [4.69, 9.17) is 10.5 Å². The molecule has 2 nitrogen and oxygen atoms in total. The lowest BCUT2D eigenvalue weighted by Crippen LogP contribution is -2.29. The van der Waals surface area contributed by atoms with Crippen LogP contribution < -0.4 is 5.73 Å². The van der Waals surface area contributed by atoms with Gasteiger partial charge in [-0.15, -0.1) is 11.3 Å². The smallest absolute Gasteiger partial charge is 0.126 e. The van der Waals surface area contributed by atoms with Crippen molar-refractivity contribution in [3.63, 3.8) is 0 Å². The van der Waals surface area contributed by atoms with Gasteiger partial charge in [0.1, 0.15) is 5.82 Å². The number of fused-ring (bicyclic) bond motifs is 1. The van der Waals surface area contributed by atoms with Gasteiger partial charge in [0.15, 0.2) is 0 Å². The van der Waals surface area contributed by atoms with Crippen LogP contribution in [0.3, 0.4) is 0 Å². The molecule has 0 bridgehead atoms. The van der Waals surface area contributed by atoms with Gasteiger partial charge >= 0.3 is 0 Å². The van der Waals surface area contributed by atoms with Crippen LogP contribution in [0.1, 0.15) is 41.4 Å². The topological polar surface area (TPSA) is 35.2 Å². The number of ether oxygens (including phenoxy) is 1. The lowest BCUT2D eigenvalue weighted by Gasteiger charge is -2.30. The third kappa shape index (κ3) is 3.61. The predicted molar refractivity (Wildman–Crippen MR) is 102 cm³/mol. The van der Waals surface area contributed by atoms with E-state index in [2.05, 4.69) is 18.2 Å². The molecule has 25 heavy (non-hydrogen) atoms. The molecule has 1 fully saturated rings. The third-order valence-corrected chi connectivity index (χ3v) is 6.01. The van der Waals surface area contributed by atoms with Gasteiger partial charge in [0.05, 0.1) is 12.2 Å². The standard InChI is InChI=1S/C21H22FNOS/c22-19-9-8-14(20-6-3-5-17(13-23)24-20)10-16(19)12-18-11-15-4-1-2-7-21(15)25-18/h1-2,4,7-11,17,20H,3,5-6,12-13,23H2. The summed E-state index contributed by atoms with van der Waals surface area (Å²) in [5, 5.41) is 1.22. The molecular weight excluding hydrogens is 333 g/mol. The minimum Gasteiger partial charge on any atom is -0.369 e. The van der Waals surface area contributed by atoms with Crippen molar-refractivity contribution in [1.82, 2.24) is 0 Å². The van der Waals surface area contributed by atoms with Gasteiger partial charge in [-0.25, -0.2) is 4.39 Å². The highest BCUT2D eigenvalue weighted by Crippen LogP contribution is 2.33. The number of hydrogen-bond acceptors (Lipinski definition) is 3. The summed E-state index contributed by atoms with van der Waals surface area (Å²) in [4.78, 5) is 1.18. The van der Waals surface area contributed by atoms with Gasteiger partial charge in [-0.1, -0.05) is 24.3 Å². The molecule has 1 aliphatic rings. The van der Waals surface area contributed by atoms with Crippen molar-refractivity contribution in [3.8, 4) is 0 Å². The molecule has 0 spiro atoms. The average Bonchev–Trinajstić information content (AvgIpc) is 3.06. The summed E-state index contributed by atoms with van der Waals surface area (Å²) in [6.07, 6.45) is 3.87. The van der Waals surface area contributed by atoms with E-state index in [1.54, 1.807) is 17.4 Å². The van der Waals surface area contributed by atoms with E-state index in [-0.39, 0.29) is 18.0 Å². The van der Waals surface area contributed by atoms with Crippen LogP contribution in [0.5, 0.6) is 0 Å². The van der Waals surface area contributed by atoms with E-state index in [0.29, 0.717) is 13.0 Å². The lowest BCUT2D eigenvalue weighted by atomic mass is 9.96. The predicted octanol–water partition coefficient (Wildman–Crippen LogP) is 5.20. The van der Waals surface area contributed by atoms with E-state index >= 15 is 0 Å². The Kier molecular flexibility index (Phi) is 4.84. The van der Waals surface area contributed by atoms with Gasteiger partial charge in [-0.3, -0.25) is 0 Å². The summed E-state index contributed by atoms with van der Waals surface area (Å²) in [6, 6.07) is 15.9. The Morgan fingerprint density at radius 3 is 2.84 bits per heavy atom. The monoisotopic (exact) mass is 355 g/mol. The molecule has 3 aromatic rings. The number of nitrogens with two attached hydrogens (primary N) is 1. The van der Waals surface area contributed by atoms with Crippen molar-refractivity contribution in [2.24, 2.45) is 5.73 Å². The molecule has 2 heterocycles. The Morgan fingerprint density at radius 2 is 2.00 bits per heavy atom. The largest absolute Gasteiger partial charge is 0.369 e. The maximum atomic E-state index is 14.4. The highest BCUT2D eigenvalue weighted by atomic mass is 32.1. The lowest BCUT2D eigenvalue weighted by molar-refractivity contribution is -0.0462. The molecule has 1 saturated heterocycles. The Morgan fingerprint density at radius 1 is 1.12 bits per heavy atom. The molecule has 0 amide bonds. The summed E-state index contributed by atoms with van der Waals surface area (Å²) in [6.45, 7) is 0.548. The molecule has 2 N–H and O–H groups in total. The minimum absolute atomic E-state index is 0.0315. The second-order valence-corrected chi connectivity index (χ2v) is 7.86. The van der Waals surface area contributed by atoms with Crippen LogP contribution in [0.2, 0.25) is 0 Å². The van der Waals surface area contributed by atoms with Crippen molar-refractivity contribution in [2.75, 3.05) is 6.54 Å². The Bertz CT molecular complexity index is 842. The fraction of sp³-hybridized carbons (Fsp3) is 0.333. The summed E-state index contributed by atoms with van der Waals surface area (Å²) < 4.78 is 21.7. The van der Waals surface area contributed by atoms with Gasteiger partial charge in [0.2, 0.25) is 0 Å². The highest BCUT2D eigenvalue weighted by molar-refractivity contribution is 7.19. The summed E-state index contributed by atoms with van der Waals surface area (Å²) in [7, 11) is 0. The quantitative estimate of drug-likeness (QED) is 0.698. The first-order valence-corrected chi connectivity index (χ1v) is 9.66. The number of halogens is 1. The first kappa shape index (κ1) is 16.7. The van der Waals surface area contributed by atoms with E-state index in [9.17, 15) is 4.39 Å². The summed E-state index contributed by atoms with van der Waals surface area (Å²) in [5.41, 5.74) is 7.56. The van der Waals surface area contributed by atoms with Crippen LogP contribution >= 0.6 is 11.3 Å². The molecule has 2 aromatic carbocycles. The number of rotatable bonds is 4.